The van der Waals surface area contributed by atoms with E-state index in [9.17, 15) is 4.79 Å². The van der Waals surface area contributed by atoms with Gasteiger partial charge in [-0.05, 0) is 40.5 Å². The van der Waals surface area contributed by atoms with Crippen LogP contribution in [0.25, 0.3) is 0 Å². The third kappa shape index (κ3) is 3.23. The number of benzene rings is 1. The third-order valence-corrected chi connectivity index (χ3v) is 2.30. The molecule has 72 valence electrons. The molecule has 0 spiro atoms. The van der Waals surface area contributed by atoms with Crippen LogP contribution in [0.3, 0.4) is 0 Å². The van der Waals surface area contributed by atoms with Gasteiger partial charge in [0.15, 0.2) is 0 Å². The summed E-state index contributed by atoms with van der Waals surface area (Å²) in [4.78, 5) is 10.4. The van der Waals surface area contributed by atoms with Crippen molar-refractivity contribution in [2.75, 3.05) is 0 Å². The van der Waals surface area contributed by atoms with Crippen molar-refractivity contribution in [3.63, 3.8) is 0 Å². The monoisotopic (exact) mass is 251 g/mol. The molecule has 0 heterocycles. The second-order valence-corrected chi connectivity index (χ2v) is 3.78. The van der Waals surface area contributed by atoms with Gasteiger partial charge in [-0.15, -0.1) is 0 Å². The zero-order valence-corrected chi connectivity index (χ0v) is 9.39. The highest BCUT2D eigenvalue weighted by Gasteiger charge is 1.95. The Bertz CT molecular complexity index is 415. The molecule has 1 amide bonds. The molecule has 0 radical (unpaired) electrons. The van der Waals surface area contributed by atoms with Gasteiger partial charge in [0.2, 0.25) is 5.91 Å². The lowest BCUT2D eigenvalue weighted by Crippen LogP contribution is -2.08. The molecule has 1 aromatic rings. The summed E-state index contributed by atoms with van der Waals surface area (Å²) < 4.78 is 0.931. The van der Waals surface area contributed by atoms with Gasteiger partial charge in [-0.2, -0.15) is 0 Å². The predicted molar refractivity (Wildman–Crippen MR) is 59.6 cm³/mol. The maximum Gasteiger partial charge on any atom is 0.229 e. The average Bonchev–Trinajstić information content (AvgIpc) is 2.10. The molecule has 1 aromatic carbocycles. The molecule has 0 aliphatic rings. The number of rotatable bonds is 1. The van der Waals surface area contributed by atoms with Gasteiger partial charge in [0.25, 0.3) is 0 Å². The molecule has 0 aromatic heterocycles. The van der Waals surface area contributed by atoms with E-state index in [2.05, 4.69) is 27.8 Å². The summed E-state index contributed by atoms with van der Waals surface area (Å²) in [6.07, 6.45) is 0.0976. The lowest BCUT2D eigenvalue weighted by atomic mass is 10.1. The van der Waals surface area contributed by atoms with Crippen molar-refractivity contribution >= 4 is 21.8 Å². The smallest absolute Gasteiger partial charge is 0.229 e. The van der Waals surface area contributed by atoms with Crippen molar-refractivity contribution in [1.82, 2.24) is 0 Å². The fourth-order valence-corrected chi connectivity index (χ4v) is 1.31. The van der Waals surface area contributed by atoms with Crippen LogP contribution in [0, 0.1) is 18.8 Å². The van der Waals surface area contributed by atoms with Gasteiger partial charge in [0.1, 0.15) is 0 Å². The number of nitrogens with two attached hydrogens (primary N) is 1. The number of carbonyl (C=O) groups is 1. The second kappa shape index (κ2) is 4.83. The Morgan fingerprint density at radius 1 is 1.57 bits per heavy atom. The van der Waals surface area contributed by atoms with Crippen molar-refractivity contribution in [1.29, 1.82) is 0 Å². The van der Waals surface area contributed by atoms with Crippen LogP contribution in [0.5, 0.6) is 0 Å². The Balaban J connectivity index is 2.88. The second-order valence-electron chi connectivity index (χ2n) is 2.93. The highest BCUT2D eigenvalue weighted by Crippen LogP contribution is 2.16. The summed E-state index contributed by atoms with van der Waals surface area (Å²) >= 11 is 3.38. The predicted octanol–water partition coefficient (Wildman–Crippen LogP) is 1.98. The van der Waals surface area contributed by atoms with Gasteiger partial charge >= 0.3 is 0 Å². The topological polar surface area (TPSA) is 43.1 Å². The van der Waals surface area contributed by atoms with Crippen molar-refractivity contribution in [3.05, 3.63) is 33.8 Å². The normalized spacial score (nSPS) is 9.00. The first-order valence-corrected chi connectivity index (χ1v) is 4.92. The molecule has 0 unspecified atom stereocenters. The minimum Gasteiger partial charge on any atom is -0.369 e. The van der Waals surface area contributed by atoms with Crippen molar-refractivity contribution in [2.45, 2.75) is 13.3 Å². The van der Waals surface area contributed by atoms with E-state index in [1.54, 1.807) is 0 Å². The Labute approximate surface area is 91.6 Å². The summed E-state index contributed by atoms with van der Waals surface area (Å²) in [5.41, 5.74) is 6.99. The van der Waals surface area contributed by atoms with E-state index in [-0.39, 0.29) is 6.42 Å². The Hall–Kier alpha value is -1.27. The third-order valence-electron chi connectivity index (χ3n) is 1.61. The molecular weight excluding hydrogens is 242 g/mol. The number of halogens is 1. The van der Waals surface area contributed by atoms with Gasteiger partial charge < -0.3 is 5.73 Å². The van der Waals surface area contributed by atoms with E-state index in [1.807, 2.05) is 25.1 Å². The minimum absolute atomic E-state index is 0.0976. The molecule has 14 heavy (non-hydrogen) atoms. The molecule has 0 bridgehead atoms. The van der Waals surface area contributed by atoms with Gasteiger partial charge in [-0.1, -0.05) is 17.9 Å². The first-order chi connectivity index (χ1) is 6.59. The Kier molecular flexibility index (Phi) is 3.73. The molecule has 0 atom stereocenters. The summed E-state index contributed by atoms with van der Waals surface area (Å²) in [6, 6.07) is 5.88. The lowest BCUT2D eigenvalue weighted by molar-refractivity contribution is -0.117. The maximum atomic E-state index is 10.4. The van der Waals surface area contributed by atoms with E-state index in [1.165, 1.54) is 0 Å². The van der Waals surface area contributed by atoms with Gasteiger partial charge in [0, 0.05) is 10.0 Å². The lowest BCUT2D eigenvalue weighted by Gasteiger charge is -1.97. The average molecular weight is 252 g/mol. The number of primary amides is 1. The minimum atomic E-state index is -0.402. The molecular formula is C11H10BrNO. The summed E-state index contributed by atoms with van der Waals surface area (Å²) in [5.74, 6) is 5.20. The molecule has 2 N–H and O–H groups in total. The number of amides is 1. The molecule has 0 saturated carbocycles. The Morgan fingerprint density at radius 2 is 2.29 bits per heavy atom. The van der Waals surface area contributed by atoms with Crippen LogP contribution in [0.15, 0.2) is 22.7 Å². The van der Waals surface area contributed by atoms with E-state index in [4.69, 9.17) is 5.73 Å². The Morgan fingerprint density at radius 3 is 2.93 bits per heavy atom. The number of carbonyl (C=O) groups excluding carboxylic acids is 1. The van der Waals surface area contributed by atoms with Crippen LogP contribution in [0.4, 0.5) is 0 Å². The fraction of sp³-hybridized carbons (Fsp3) is 0.182. The van der Waals surface area contributed by atoms with E-state index in [0.717, 1.165) is 15.6 Å². The maximum absolute atomic E-state index is 10.4. The zero-order chi connectivity index (χ0) is 10.6. The zero-order valence-electron chi connectivity index (χ0n) is 7.80. The first kappa shape index (κ1) is 10.8. The van der Waals surface area contributed by atoms with Crippen molar-refractivity contribution < 1.29 is 4.79 Å². The van der Waals surface area contributed by atoms with Crippen LogP contribution >= 0.6 is 15.9 Å². The van der Waals surface area contributed by atoms with E-state index in [0.29, 0.717) is 0 Å². The molecule has 0 saturated heterocycles. The number of aryl methyl sites for hydroxylation is 1. The van der Waals surface area contributed by atoms with Gasteiger partial charge in [-0.3, -0.25) is 4.79 Å². The molecule has 2 nitrogen and oxygen atoms in total. The van der Waals surface area contributed by atoms with Crippen LogP contribution in [0.1, 0.15) is 17.5 Å². The number of hydrogen-bond acceptors (Lipinski definition) is 1. The molecule has 3 heteroatoms. The van der Waals surface area contributed by atoms with Crippen LogP contribution in [-0.2, 0) is 4.79 Å². The van der Waals surface area contributed by atoms with Crippen LogP contribution < -0.4 is 5.73 Å². The van der Waals surface area contributed by atoms with Crippen molar-refractivity contribution in [3.8, 4) is 11.8 Å². The summed E-state index contributed by atoms with van der Waals surface area (Å²) in [7, 11) is 0. The standard InChI is InChI=1S/C11H10BrNO/c1-8-5-6-10(12)9(7-8)3-2-4-11(13)14/h5-7H,4H2,1H3,(H2,13,14). The summed E-state index contributed by atoms with van der Waals surface area (Å²) in [5, 5.41) is 0. The number of hydrogen-bond donors (Lipinski definition) is 1. The van der Waals surface area contributed by atoms with Gasteiger partial charge in [0.05, 0.1) is 6.42 Å². The van der Waals surface area contributed by atoms with E-state index < -0.39 is 5.91 Å². The van der Waals surface area contributed by atoms with Crippen molar-refractivity contribution in [2.24, 2.45) is 5.73 Å². The molecule has 0 aliphatic carbocycles. The molecule has 0 aliphatic heterocycles. The van der Waals surface area contributed by atoms with E-state index >= 15 is 0 Å². The highest BCUT2D eigenvalue weighted by molar-refractivity contribution is 9.10. The summed E-state index contributed by atoms with van der Waals surface area (Å²) in [6.45, 7) is 1.99. The molecule has 1 rings (SSSR count). The highest BCUT2D eigenvalue weighted by atomic mass is 79.9. The SMILES string of the molecule is Cc1ccc(Br)c(C#CCC(N)=O)c1. The van der Waals surface area contributed by atoms with Gasteiger partial charge in [-0.25, -0.2) is 0 Å². The largest absolute Gasteiger partial charge is 0.369 e. The first-order valence-electron chi connectivity index (χ1n) is 4.13. The van der Waals surface area contributed by atoms with Crippen LogP contribution in [-0.4, -0.2) is 5.91 Å². The fourth-order valence-electron chi connectivity index (χ4n) is 0.961. The quantitative estimate of drug-likeness (QED) is 0.763. The van der Waals surface area contributed by atoms with Crippen LogP contribution in [0.2, 0.25) is 0 Å². The molecule has 0 fully saturated rings.